The van der Waals surface area contributed by atoms with Gasteiger partial charge >= 0.3 is 6.18 Å². The lowest BCUT2D eigenvalue weighted by atomic mass is 10.3. The van der Waals surface area contributed by atoms with Crippen LogP contribution in [0.2, 0.25) is 0 Å². The molecule has 0 aliphatic rings. The number of hydrogen-bond donors (Lipinski definition) is 0. The Balaban J connectivity index is 2.60. The molecule has 0 spiro atoms. The van der Waals surface area contributed by atoms with Crippen LogP contribution in [0, 0.1) is 3.57 Å². The quantitative estimate of drug-likeness (QED) is 0.762. The average Bonchev–Trinajstić information content (AvgIpc) is 2.01. The Morgan fingerprint density at radius 3 is 2.38 bits per heavy atom. The second-order valence-corrected chi connectivity index (χ2v) is 3.50. The predicted octanol–water partition coefficient (Wildman–Crippen LogP) is 3.23. The van der Waals surface area contributed by atoms with Crippen LogP contribution in [0.5, 0.6) is 5.75 Å². The molecule has 0 fully saturated rings. The molecule has 0 atom stereocenters. The van der Waals surface area contributed by atoms with Gasteiger partial charge in [0.25, 0.3) is 0 Å². The summed E-state index contributed by atoms with van der Waals surface area (Å²) in [5.41, 5.74) is 0. The van der Waals surface area contributed by atoms with Crippen LogP contribution < -0.4 is 4.74 Å². The Hall–Kier alpha value is -0.460. The molecule has 0 amide bonds. The maximum Gasteiger partial charge on any atom is 0.422 e. The van der Waals surface area contributed by atoms with Crippen LogP contribution in [-0.4, -0.2) is 12.8 Å². The molecule has 1 aromatic rings. The lowest BCUT2D eigenvalue weighted by Crippen LogP contribution is -2.19. The monoisotopic (exact) mass is 302 g/mol. The predicted molar refractivity (Wildman–Crippen MR) is 50.7 cm³/mol. The van der Waals surface area contributed by atoms with Crippen molar-refractivity contribution < 1.29 is 17.9 Å². The van der Waals surface area contributed by atoms with E-state index in [1.807, 2.05) is 22.6 Å². The lowest BCUT2D eigenvalue weighted by molar-refractivity contribution is -0.153. The summed E-state index contributed by atoms with van der Waals surface area (Å²) in [5, 5.41) is 0. The molecule has 13 heavy (non-hydrogen) atoms. The topological polar surface area (TPSA) is 9.23 Å². The minimum atomic E-state index is -4.28. The van der Waals surface area contributed by atoms with Gasteiger partial charge in [-0.15, -0.1) is 0 Å². The number of alkyl halides is 3. The van der Waals surface area contributed by atoms with Crippen molar-refractivity contribution in [3.05, 3.63) is 27.8 Å². The van der Waals surface area contributed by atoms with E-state index in [9.17, 15) is 13.2 Å². The maximum absolute atomic E-state index is 11.7. The van der Waals surface area contributed by atoms with Crippen molar-refractivity contribution in [3.63, 3.8) is 0 Å². The highest BCUT2D eigenvalue weighted by Crippen LogP contribution is 2.22. The number of rotatable bonds is 2. The SMILES string of the molecule is FC(F)(F)COc1ccccc1I. The van der Waals surface area contributed by atoms with Crippen LogP contribution in [0.3, 0.4) is 0 Å². The Kier molecular flexibility index (Phi) is 3.40. The molecule has 5 heteroatoms. The van der Waals surface area contributed by atoms with E-state index in [1.54, 1.807) is 18.2 Å². The third-order valence-corrected chi connectivity index (χ3v) is 2.12. The Bertz CT molecular complexity index is 285. The third kappa shape index (κ3) is 3.84. The Morgan fingerprint density at radius 2 is 1.85 bits per heavy atom. The zero-order valence-corrected chi connectivity index (χ0v) is 8.59. The summed E-state index contributed by atoms with van der Waals surface area (Å²) >= 11 is 1.92. The first-order chi connectivity index (χ1) is 5.99. The number of halogens is 4. The van der Waals surface area contributed by atoms with E-state index >= 15 is 0 Å². The zero-order chi connectivity index (χ0) is 9.90. The molecule has 1 rings (SSSR count). The summed E-state index contributed by atoms with van der Waals surface area (Å²) in [7, 11) is 0. The van der Waals surface area contributed by atoms with Crippen molar-refractivity contribution in [1.29, 1.82) is 0 Å². The van der Waals surface area contributed by atoms with E-state index in [-0.39, 0.29) is 5.75 Å². The van der Waals surface area contributed by atoms with E-state index in [4.69, 9.17) is 0 Å². The van der Waals surface area contributed by atoms with Crippen molar-refractivity contribution in [3.8, 4) is 5.75 Å². The fourth-order valence-corrected chi connectivity index (χ4v) is 1.26. The molecule has 0 aliphatic heterocycles. The zero-order valence-electron chi connectivity index (χ0n) is 6.44. The van der Waals surface area contributed by atoms with Crippen LogP contribution in [0.15, 0.2) is 24.3 Å². The summed E-state index contributed by atoms with van der Waals surface area (Å²) in [4.78, 5) is 0. The largest absolute Gasteiger partial charge is 0.483 e. The number of hydrogen-bond acceptors (Lipinski definition) is 1. The summed E-state index contributed by atoms with van der Waals surface area (Å²) < 4.78 is 40.5. The first-order valence-electron chi connectivity index (χ1n) is 3.43. The lowest BCUT2D eigenvalue weighted by Gasteiger charge is -2.09. The van der Waals surface area contributed by atoms with E-state index in [1.165, 1.54) is 6.07 Å². The standard InChI is InChI=1S/C8H6F3IO/c9-8(10,11)5-13-7-4-2-1-3-6(7)12/h1-4H,5H2. The smallest absolute Gasteiger partial charge is 0.422 e. The fourth-order valence-electron chi connectivity index (χ4n) is 0.721. The average molecular weight is 302 g/mol. The first kappa shape index (κ1) is 10.6. The van der Waals surface area contributed by atoms with Gasteiger partial charge < -0.3 is 4.74 Å². The van der Waals surface area contributed by atoms with Gasteiger partial charge in [-0.3, -0.25) is 0 Å². The van der Waals surface area contributed by atoms with Crippen molar-refractivity contribution >= 4 is 22.6 Å². The van der Waals surface area contributed by atoms with Gasteiger partial charge in [0, 0.05) is 0 Å². The van der Waals surface area contributed by atoms with Crippen LogP contribution in [0.1, 0.15) is 0 Å². The highest BCUT2D eigenvalue weighted by Gasteiger charge is 2.28. The molecule has 0 aromatic heterocycles. The maximum atomic E-state index is 11.7. The molecule has 0 bridgehead atoms. The molecular weight excluding hydrogens is 296 g/mol. The normalized spacial score (nSPS) is 11.4. The molecule has 72 valence electrons. The fraction of sp³-hybridized carbons (Fsp3) is 0.250. The highest BCUT2D eigenvalue weighted by molar-refractivity contribution is 14.1. The number of ether oxygens (including phenoxy) is 1. The molecule has 0 aliphatic carbocycles. The van der Waals surface area contributed by atoms with Crippen LogP contribution >= 0.6 is 22.6 Å². The van der Waals surface area contributed by atoms with Gasteiger partial charge in [-0.25, -0.2) is 0 Å². The molecule has 1 aromatic carbocycles. The summed E-state index contributed by atoms with van der Waals surface area (Å²) in [5.74, 6) is 0.264. The highest BCUT2D eigenvalue weighted by atomic mass is 127. The second-order valence-electron chi connectivity index (χ2n) is 2.33. The van der Waals surface area contributed by atoms with Crippen molar-refractivity contribution in [1.82, 2.24) is 0 Å². The molecule has 0 radical (unpaired) electrons. The Morgan fingerprint density at radius 1 is 1.23 bits per heavy atom. The van der Waals surface area contributed by atoms with Gasteiger partial charge in [0.05, 0.1) is 3.57 Å². The van der Waals surface area contributed by atoms with Gasteiger partial charge in [-0.05, 0) is 34.7 Å². The first-order valence-corrected chi connectivity index (χ1v) is 4.51. The molecule has 1 nitrogen and oxygen atoms in total. The van der Waals surface area contributed by atoms with E-state index in [0.29, 0.717) is 3.57 Å². The van der Waals surface area contributed by atoms with Gasteiger partial charge in [0.1, 0.15) is 5.75 Å². The minimum Gasteiger partial charge on any atom is -0.483 e. The van der Waals surface area contributed by atoms with E-state index < -0.39 is 12.8 Å². The van der Waals surface area contributed by atoms with Crippen molar-refractivity contribution in [2.24, 2.45) is 0 Å². The van der Waals surface area contributed by atoms with Crippen LogP contribution in [-0.2, 0) is 0 Å². The number of benzene rings is 1. The number of para-hydroxylation sites is 1. The van der Waals surface area contributed by atoms with Gasteiger partial charge in [0.2, 0.25) is 0 Å². The Labute approximate surface area is 87.0 Å². The van der Waals surface area contributed by atoms with Gasteiger partial charge in [0.15, 0.2) is 6.61 Å². The molecule has 0 N–H and O–H groups in total. The van der Waals surface area contributed by atoms with Gasteiger partial charge in [-0.1, -0.05) is 12.1 Å². The van der Waals surface area contributed by atoms with E-state index in [2.05, 4.69) is 4.74 Å². The summed E-state index contributed by atoms with van der Waals surface area (Å²) in [6, 6.07) is 6.57. The molecule has 0 unspecified atom stereocenters. The summed E-state index contributed by atoms with van der Waals surface area (Å²) in [6.07, 6.45) is -4.28. The molecule has 0 saturated heterocycles. The third-order valence-electron chi connectivity index (χ3n) is 1.23. The second kappa shape index (κ2) is 4.17. The van der Waals surface area contributed by atoms with Crippen molar-refractivity contribution in [2.75, 3.05) is 6.61 Å². The van der Waals surface area contributed by atoms with E-state index in [0.717, 1.165) is 0 Å². The molecule has 0 saturated carbocycles. The molecular formula is C8H6F3IO. The van der Waals surface area contributed by atoms with Crippen LogP contribution in [0.4, 0.5) is 13.2 Å². The summed E-state index contributed by atoms with van der Waals surface area (Å²) in [6.45, 7) is -1.24. The van der Waals surface area contributed by atoms with Gasteiger partial charge in [-0.2, -0.15) is 13.2 Å². The minimum absolute atomic E-state index is 0.264. The molecule has 0 heterocycles. The van der Waals surface area contributed by atoms with Crippen LogP contribution in [0.25, 0.3) is 0 Å². The van der Waals surface area contributed by atoms with Crippen molar-refractivity contribution in [2.45, 2.75) is 6.18 Å².